The van der Waals surface area contributed by atoms with Crippen molar-refractivity contribution < 1.29 is 13.4 Å². The average Bonchev–Trinajstić information content (AvgIpc) is 3.00. The van der Waals surface area contributed by atoms with Crippen LogP contribution < -0.4 is 5.32 Å². The Bertz CT molecular complexity index is 975. The highest BCUT2D eigenvalue weighted by molar-refractivity contribution is 9.11. The van der Waals surface area contributed by atoms with E-state index in [1.54, 1.807) is 6.07 Å². The van der Waals surface area contributed by atoms with Crippen LogP contribution in [0.1, 0.15) is 18.7 Å². The molecular weight excluding hydrogens is 512 g/mol. The minimum Gasteiger partial charge on any atom is -0.321 e. The quantitative estimate of drug-likeness (QED) is 0.547. The number of anilines is 1. The molecule has 0 radical (unpaired) electrons. The summed E-state index contributed by atoms with van der Waals surface area (Å²) in [4.78, 5) is 13.3. The van der Waals surface area contributed by atoms with E-state index >= 15 is 0 Å². The SMILES string of the molecule is CC.CN1C(C(=O)Nc2ccc(F)c(Cl)c2)=CC(c2cc(Cl)c(Br)s2)=NS1=O. The van der Waals surface area contributed by atoms with E-state index in [2.05, 4.69) is 25.6 Å². The third-order valence-corrected chi connectivity index (χ3v) is 7.14. The highest BCUT2D eigenvalue weighted by Gasteiger charge is 2.26. The van der Waals surface area contributed by atoms with Crippen molar-refractivity contribution in [2.24, 2.45) is 4.40 Å². The maximum absolute atomic E-state index is 13.2. The maximum atomic E-state index is 13.2. The van der Waals surface area contributed by atoms with Crippen molar-refractivity contribution >= 4 is 78.9 Å². The number of likely N-dealkylation sites (N-methyl/N-ethyl adjacent to an activating group) is 1. The van der Waals surface area contributed by atoms with Gasteiger partial charge in [0.25, 0.3) is 5.91 Å². The Morgan fingerprint density at radius 3 is 2.54 bits per heavy atom. The van der Waals surface area contributed by atoms with Crippen LogP contribution in [0.4, 0.5) is 10.1 Å². The van der Waals surface area contributed by atoms with E-state index in [9.17, 15) is 13.4 Å². The highest BCUT2D eigenvalue weighted by Crippen LogP contribution is 2.33. The van der Waals surface area contributed by atoms with Gasteiger partial charge in [0.05, 0.1) is 24.4 Å². The molecule has 1 aromatic heterocycles. The van der Waals surface area contributed by atoms with Crippen LogP contribution in [0.3, 0.4) is 0 Å². The number of amides is 1. The van der Waals surface area contributed by atoms with Crippen molar-refractivity contribution in [3.8, 4) is 0 Å². The van der Waals surface area contributed by atoms with Gasteiger partial charge < -0.3 is 5.32 Å². The number of hydrogen-bond acceptors (Lipinski definition) is 3. The fourth-order valence-electron chi connectivity index (χ4n) is 2.04. The summed E-state index contributed by atoms with van der Waals surface area (Å²) >= 11 is 14.6. The van der Waals surface area contributed by atoms with Gasteiger partial charge in [0.1, 0.15) is 11.5 Å². The molecule has 1 N–H and O–H groups in total. The molecule has 0 fully saturated rings. The summed E-state index contributed by atoms with van der Waals surface area (Å²) in [5.74, 6) is -1.12. The molecule has 0 bridgehead atoms. The predicted octanol–water partition coefficient (Wildman–Crippen LogP) is 5.82. The van der Waals surface area contributed by atoms with Gasteiger partial charge in [-0.05, 0) is 46.3 Å². The first-order chi connectivity index (χ1) is 13.3. The zero-order chi connectivity index (χ0) is 21.0. The fraction of sp³-hybridized carbons (Fsp3) is 0.176. The van der Waals surface area contributed by atoms with Crippen LogP contribution in [-0.4, -0.2) is 27.2 Å². The second-order valence-electron chi connectivity index (χ2n) is 5.05. The Labute approximate surface area is 187 Å². The van der Waals surface area contributed by atoms with Crippen LogP contribution >= 0.6 is 50.5 Å². The minimum atomic E-state index is -1.78. The lowest BCUT2D eigenvalue weighted by Gasteiger charge is -2.22. The first kappa shape index (κ1) is 23.0. The molecule has 1 aliphatic rings. The molecule has 0 saturated carbocycles. The van der Waals surface area contributed by atoms with Crippen LogP contribution in [-0.2, 0) is 16.0 Å². The van der Waals surface area contributed by atoms with Gasteiger partial charge in [-0.3, -0.25) is 9.10 Å². The zero-order valence-electron chi connectivity index (χ0n) is 14.9. The molecule has 2 aromatic rings. The van der Waals surface area contributed by atoms with Crippen LogP contribution in [0.15, 0.2) is 44.2 Å². The van der Waals surface area contributed by atoms with Crippen molar-refractivity contribution in [2.45, 2.75) is 13.8 Å². The zero-order valence-corrected chi connectivity index (χ0v) is 19.7. The summed E-state index contributed by atoms with van der Waals surface area (Å²) < 4.78 is 31.5. The van der Waals surface area contributed by atoms with Crippen LogP contribution in [0.25, 0.3) is 0 Å². The van der Waals surface area contributed by atoms with E-state index < -0.39 is 22.9 Å². The number of nitrogens with zero attached hydrogens (tertiary/aromatic N) is 2. The number of thiophene rings is 1. The first-order valence-corrected chi connectivity index (χ1v) is 11.4. The lowest BCUT2D eigenvalue weighted by atomic mass is 10.2. The topological polar surface area (TPSA) is 61.8 Å². The predicted molar refractivity (Wildman–Crippen MR) is 119 cm³/mol. The third kappa shape index (κ3) is 5.21. The minimum absolute atomic E-state index is 0.113. The number of halogens is 4. The highest BCUT2D eigenvalue weighted by atomic mass is 79.9. The number of carbonyl (C=O) groups is 1. The normalized spacial score (nSPS) is 16.0. The molecule has 1 atom stereocenters. The molecule has 1 unspecified atom stereocenters. The Morgan fingerprint density at radius 1 is 1.29 bits per heavy atom. The molecule has 0 saturated heterocycles. The van der Waals surface area contributed by atoms with Crippen LogP contribution in [0.5, 0.6) is 0 Å². The largest absolute Gasteiger partial charge is 0.321 e. The van der Waals surface area contributed by atoms with Gasteiger partial charge >= 0.3 is 0 Å². The molecular formula is C17H15BrCl2FN3O2S2. The van der Waals surface area contributed by atoms with Gasteiger partial charge in [-0.15, -0.1) is 11.3 Å². The van der Waals surface area contributed by atoms with Gasteiger partial charge in [0.15, 0.2) is 0 Å². The summed E-state index contributed by atoms with van der Waals surface area (Å²) in [5, 5.41) is 2.98. The second kappa shape index (κ2) is 9.98. The van der Waals surface area contributed by atoms with E-state index in [0.29, 0.717) is 25.1 Å². The number of hydrogen-bond donors (Lipinski definition) is 1. The van der Waals surface area contributed by atoms with Gasteiger partial charge in [-0.1, -0.05) is 37.0 Å². The number of benzene rings is 1. The molecule has 2 heterocycles. The summed E-state index contributed by atoms with van der Waals surface area (Å²) in [5.41, 5.74) is 0.822. The molecule has 0 spiro atoms. The standard InChI is InChI=1S/C15H9BrCl2FN3O2S2.C2H6/c1-22-12(15(23)20-7-2-3-10(19)8(17)4-7)6-11(21-26(22)24)13-5-9(18)14(16)25-13;1-2/h2-6H,1H3,(H,20,23);1-2H3. The molecule has 1 aliphatic heterocycles. The number of carbonyl (C=O) groups excluding carboxylic acids is 1. The molecule has 5 nitrogen and oxygen atoms in total. The molecule has 3 rings (SSSR count). The van der Waals surface area contributed by atoms with Gasteiger partial charge in [-0.25, -0.2) is 8.60 Å². The van der Waals surface area contributed by atoms with E-state index in [-0.39, 0.29) is 10.7 Å². The molecule has 0 aliphatic carbocycles. The monoisotopic (exact) mass is 525 g/mol. The van der Waals surface area contributed by atoms with Crippen molar-refractivity contribution in [3.63, 3.8) is 0 Å². The number of allylic oxidation sites excluding steroid dienone is 1. The maximum Gasteiger partial charge on any atom is 0.272 e. The van der Waals surface area contributed by atoms with Crippen molar-refractivity contribution in [2.75, 3.05) is 12.4 Å². The Morgan fingerprint density at radius 2 is 1.96 bits per heavy atom. The van der Waals surface area contributed by atoms with Crippen molar-refractivity contribution in [3.05, 3.63) is 60.6 Å². The van der Waals surface area contributed by atoms with Gasteiger partial charge in [-0.2, -0.15) is 4.40 Å². The summed E-state index contributed by atoms with van der Waals surface area (Å²) in [6, 6.07) is 5.49. The van der Waals surface area contributed by atoms with E-state index in [1.165, 1.54) is 40.9 Å². The van der Waals surface area contributed by atoms with Crippen LogP contribution in [0, 0.1) is 5.82 Å². The lowest BCUT2D eigenvalue weighted by Crippen LogP contribution is -2.32. The Kier molecular flexibility index (Phi) is 8.20. The van der Waals surface area contributed by atoms with Crippen molar-refractivity contribution in [1.82, 2.24) is 4.31 Å². The second-order valence-corrected chi connectivity index (χ2v) is 9.43. The molecule has 11 heteroatoms. The summed E-state index contributed by atoms with van der Waals surface area (Å²) in [6.07, 6.45) is 1.51. The fourth-order valence-corrected chi connectivity index (χ4v) is 4.69. The van der Waals surface area contributed by atoms with Gasteiger partial charge in [0, 0.05) is 12.7 Å². The van der Waals surface area contributed by atoms with Crippen LogP contribution in [0.2, 0.25) is 10.0 Å². The van der Waals surface area contributed by atoms with E-state index in [1.807, 2.05) is 13.8 Å². The lowest BCUT2D eigenvalue weighted by molar-refractivity contribution is -0.113. The number of rotatable bonds is 3. The smallest absolute Gasteiger partial charge is 0.272 e. The molecule has 28 heavy (non-hydrogen) atoms. The molecule has 1 aromatic carbocycles. The number of nitrogens with one attached hydrogen (secondary N) is 1. The first-order valence-electron chi connectivity index (χ1n) is 7.94. The van der Waals surface area contributed by atoms with E-state index in [0.717, 1.165) is 6.07 Å². The summed E-state index contributed by atoms with van der Waals surface area (Å²) in [7, 11) is 1.48. The third-order valence-electron chi connectivity index (χ3n) is 3.33. The Balaban J connectivity index is 0.00000136. The van der Waals surface area contributed by atoms with Crippen molar-refractivity contribution in [1.29, 1.82) is 0 Å². The van der Waals surface area contributed by atoms with E-state index in [4.69, 9.17) is 23.2 Å². The molecule has 1 amide bonds. The average molecular weight is 527 g/mol. The molecule has 150 valence electrons. The van der Waals surface area contributed by atoms with Gasteiger partial charge in [0.2, 0.25) is 11.2 Å². The summed E-state index contributed by atoms with van der Waals surface area (Å²) in [6.45, 7) is 4.00. The Hall–Kier alpha value is -1.26.